The van der Waals surface area contributed by atoms with Gasteiger partial charge in [-0.05, 0) is 48.1 Å². The molecule has 1 saturated carbocycles. The number of nitrogens with one attached hydrogen (secondary N) is 1. The Bertz CT molecular complexity index is 652. The van der Waals surface area contributed by atoms with E-state index in [-0.39, 0.29) is 0 Å². The third-order valence-electron chi connectivity index (χ3n) is 3.61. The SMILES string of the molecule is N#Cc1cc(Br)ccc1NCc1ccc(C2CC2)cc1. The van der Waals surface area contributed by atoms with Gasteiger partial charge in [-0.2, -0.15) is 5.26 Å². The van der Waals surface area contributed by atoms with Crippen molar-refractivity contribution in [2.75, 3.05) is 5.32 Å². The second-order valence-corrected chi connectivity index (χ2v) is 6.09. The summed E-state index contributed by atoms with van der Waals surface area (Å²) in [4.78, 5) is 0. The van der Waals surface area contributed by atoms with E-state index in [0.29, 0.717) is 5.56 Å². The number of anilines is 1. The Morgan fingerprint density at radius 2 is 1.90 bits per heavy atom. The van der Waals surface area contributed by atoms with Crippen LogP contribution in [-0.4, -0.2) is 0 Å². The van der Waals surface area contributed by atoms with Crippen molar-refractivity contribution in [1.82, 2.24) is 0 Å². The van der Waals surface area contributed by atoms with Gasteiger partial charge in [-0.1, -0.05) is 40.2 Å². The zero-order chi connectivity index (χ0) is 13.9. The van der Waals surface area contributed by atoms with Crippen molar-refractivity contribution >= 4 is 21.6 Å². The Labute approximate surface area is 127 Å². The molecule has 0 saturated heterocycles. The molecule has 0 bridgehead atoms. The molecule has 0 aliphatic heterocycles. The molecular formula is C17H15BrN2. The third kappa shape index (κ3) is 3.02. The van der Waals surface area contributed by atoms with Gasteiger partial charge in [0.25, 0.3) is 0 Å². The molecule has 1 fully saturated rings. The first kappa shape index (κ1) is 13.2. The summed E-state index contributed by atoms with van der Waals surface area (Å²) in [6, 6.07) is 16.7. The Morgan fingerprint density at radius 3 is 2.55 bits per heavy atom. The summed E-state index contributed by atoms with van der Waals surface area (Å²) in [6.45, 7) is 0.737. The van der Waals surface area contributed by atoms with Crippen LogP contribution in [-0.2, 0) is 6.54 Å². The number of nitrogens with zero attached hydrogens (tertiary/aromatic N) is 1. The van der Waals surface area contributed by atoms with Crippen LogP contribution in [0.5, 0.6) is 0 Å². The van der Waals surface area contributed by atoms with Crippen molar-refractivity contribution in [2.45, 2.75) is 25.3 Å². The predicted molar refractivity (Wildman–Crippen MR) is 84.6 cm³/mol. The predicted octanol–water partition coefficient (Wildman–Crippen LogP) is 4.81. The summed E-state index contributed by atoms with van der Waals surface area (Å²) in [5, 5.41) is 12.5. The molecule has 2 aromatic rings. The van der Waals surface area contributed by atoms with Crippen LogP contribution in [0.3, 0.4) is 0 Å². The molecule has 0 radical (unpaired) electrons. The van der Waals surface area contributed by atoms with Crippen molar-refractivity contribution in [3.05, 3.63) is 63.6 Å². The van der Waals surface area contributed by atoms with Crippen molar-refractivity contribution in [3.8, 4) is 6.07 Å². The van der Waals surface area contributed by atoms with Crippen LogP contribution >= 0.6 is 15.9 Å². The van der Waals surface area contributed by atoms with Crippen molar-refractivity contribution < 1.29 is 0 Å². The van der Waals surface area contributed by atoms with Gasteiger partial charge in [0.2, 0.25) is 0 Å². The minimum atomic E-state index is 0.661. The average Bonchev–Trinajstić information content (AvgIpc) is 3.31. The summed E-state index contributed by atoms with van der Waals surface area (Å²) in [7, 11) is 0. The lowest BCUT2D eigenvalue weighted by Gasteiger charge is -2.09. The number of nitriles is 1. The minimum absolute atomic E-state index is 0.661. The monoisotopic (exact) mass is 326 g/mol. The molecule has 1 aliphatic carbocycles. The van der Waals surface area contributed by atoms with Gasteiger partial charge >= 0.3 is 0 Å². The lowest BCUT2D eigenvalue weighted by molar-refractivity contribution is 1.10. The van der Waals surface area contributed by atoms with Gasteiger partial charge in [0.15, 0.2) is 0 Å². The van der Waals surface area contributed by atoms with Crippen LogP contribution in [0.1, 0.15) is 35.4 Å². The second kappa shape index (κ2) is 5.68. The molecule has 3 rings (SSSR count). The van der Waals surface area contributed by atoms with E-state index < -0.39 is 0 Å². The van der Waals surface area contributed by atoms with E-state index in [1.807, 2.05) is 18.2 Å². The molecule has 0 atom stereocenters. The highest BCUT2D eigenvalue weighted by Crippen LogP contribution is 2.39. The van der Waals surface area contributed by atoms with E-state index in [2.05, 4.69) is 51.6 Å². The minimum Gasteiger partial charge on any atom is -0.380 e. The number of rotatable bonds is 4. The maximum atomic E-state index is 9.13. The summed E-state index contributed by atoms with van der Waals surface area (Å²) in [5.74, 6) is 0.800. The summed E-state index contributed by atoms with van der Waals surface area (Å²) in [5.41, 5.74) is 4.23. The number of hydrogen-bond donors (Lipinski definition) is 1. The van der Waals surface area contributed by atoms with Crippen LogP contribution in [0.4, 0.5) is 5.69 Å². The molecule has 100 valence electrons. The fourth-order valence-electron chi connectivity index (χ4n) is 2.28. The van der Waals surface area contributed by atoms with E-state index in [1.54, 1.807) is 0 Å². The van der Waals surface area contributed by atoms with E-state index in [0.717, 1.165) is 22.6 Å². The van der Waals surface area contributed by atoms with Gasteiger partial charge in [-0.25, -0.2) is 0 Å². The molecule has 2 aromatic carbocycles. The molecule has 0 spiro atoms. The van der Waals surface area contributed by atoms with Gasteiger partial charge in [0.05, 0.1) is 11.3 Å². The molecular weight excluding hydrogens is 312 g/mol. The number of benzene rings is 2. The largest absolute Gasteiger partial charge is 0.380 e. The van der Waals surface area contributed by atoms with Crippen LogP contribution in [0.15, 0.2) is 46.9 Å². The normalized spacial score (nSPS) is 13.8. The Balaban J connectivity index is 1.68. The van der Waals surface area contributed by atoms with Gasteiger partial charge in [-0.3, -0.25) is 0 Å². The van der Waals surface area contributed by atoms with E-state index in [1.165, 1.54) is 24.0 Å². The lowest BCUT2D eigenvalue weighted by Crippen LogP contribution is -2.01. The second-order valence-electron chi connectivity index (χ2n) is 5.17. The smallest absolute Gasteiger partial charge is 0.101 e. The zero-order valence-corrected chi connectivity index (χ0v) is 12.7. The first-order valence-electron chi connectivity index (χ1n) is 6.78. The van der Waals surface area contributed by atoms with E-state index >= 15 is 0 Å². The molecule has 1 N–H and O–H groups in total. The topological polar surface area (TPSA) is 35.8 Å². The molecule has 2 nitrogen and oxygen atoms in total. The van der Waals surface area contributed by atoms with Crippen molar-refractivity contribution in [2.24, 2.45) is 0 Å². The van der Waals surface area contributed by atoms with Crippen LogP contribution in [0, 0.1) is 11.3 Å². The lowest BCUT2D eigenvalue weighted by atomic mass is 10.1. The quantitative estimate of drug-likeness (QED) is 0.875. The zero-order valence-electron chi connectivity index (χ0n) is 11.1. The molecule has 0 unspecified atom stereocenters. The van der Waals surface area contributed by atoms with Gasteiger partial charge in [0.1, 0.15) is 6.07 Å². The molecule has 1 aliphatic rings. The molecule has 0 amide bonds. The first-order valence-corrected chi connectivity index (χ1v) is 7.58. The Morgan fingerprint density at radius 1 is 1.15 bits per heavy atom. The van der Waals surface area contributed by atoms with Crippen molar-refractivity contribution in [1.29, 1.82) is 5.26 Å². The van der Waals surface area contributed by atoms with Crippen molar-refractivity contribution in [3.63, 3.8) is 0 Å². The van der Waals surface area contributed by atoms with Crippen LogP contribution in [0.25, 0.3) is 0 Å². The van der Waals surface area contributed by atoms with E-state index in [4.69, 9.17) is 5.26 Å². The average molecular weight is 327 g/mol. The maximum Gasteiger partial charge on any atom is 0.101 e. The van der Waals surface area contributed by atoms with Gasteiger partial charge in [-0.15, -0.1) is 0 Å². The number of halogens is 1. The first-order chi connectivity index (χ1) is 9.76. The molecule has 20 heavy (non-hydrogen) atoms. The standard InChI is InChI=1S/C17H15BrN2/c18-16-7-8-17(15(9-16)10-19)20-11-12-1-3-13(4-2-12)14-5-6-14/h1-4,7-9,14,20H,5-6,11H2. The Hall–Kier alpha value is -1.79. The van der Waals surface area contributed by atoms with Crippen LogP contribution in [0.2, 0.25) is 0 Å². The van der Waals surface area contributed by atoms with Crippen LogP contribution < -0.4 is 5.32 Å². The molecule has 3 heteroatoms. The summed E-state index contributed by atoms with van der Waals surface area (Å²) in [6.07, 6.45) is 2.67. The third-order valence-corrected chi connectivity index (χ3v) is 4.11. The molecule has 0 heterocycles. The van der Waals surface area contributed by atoms with Gasteiger partial charge in [0, 0.05) is 11.0 Å². The van der Waals surface area contributed by atoms with Gasteiger partial charge < -0.3 is 5.32 Å². The van der Waals surface area contributed by atoms with E-state index in [9.17, 15) is 0 Å². The fraction of sp³-hybridized carbons (Fsp3) is 0.235. The maximum absolute atomic E-state index is 9.13. The summed E-state index contributed by atoms with van der Waals surface area (Å²) >= 11 is 3.38. The highest BCUT2D eigenvalue weighted by Gasteiger charge is 2.22. The highest BCUT2D eigenvalue weighted by atomic mass is 79.9. The highest BCUT2D eigenvalue weighted by molar-refractivity contribution is 9.10. The fourth-order valence-corrected chi connectivity index (χ4v) is 2.65. The Kier molecular flexibility index (Phi) is 3.75. The summed E-state index contributed by atoms with van der Waals surface area (Å²) < 4.78 is 0.924. The molecule has 0 aromatic heterocycles. The number of hydrogen-bond acceptors (Lipinski definition) is 2.